The molecule has 0 bridgehead atoms. The Labute approximate surface area is 103 Å². The summed E-state index contributed by atoms with van der Waals surface area (Å²) in [6, 6.07) is 0.618. The molecule has 0 aliphatic carbocycles. The lowest BCUT2D eigenvalue weighted by Gasteiger charge is -2.10. The van der Waals surface area contributed by atoms with E-state index < -0.39 is 38.0 Å². The number of primary sulfonamides is 1. The highest BCUT2D eigenvalue weighted by Gasteiger charge is 2.21. The van der Waals surface area contributed by atoms with Crippen LogP contribution in [-0.2, 0) is 10.0 Å². The SMILES string of the molecule is CC(C)NC(=O)c1cc(S(N)(=O)=O)c(F)cc1F. The minimum atomic E-state index is -4.36. The molecule has 0 aromatic heterocycles. The van der Waals surface area contributed by atoms with Gasteiger partial charge in [-0.25, -0.2) is 22.3 Å². The lowest BCUT2D eigenvalue weighted by atomic mass is 10.2. The number of carbonyl (C=O) groups is 1. The molecule has 0 saturated carbocycles. The molecule has 0 unspecified atom stereocenters. The van der Waals surface area contributed by atoms with Crippen molar-refractivity contribution in [3.63, 3.8) is 0 Å². The molecule has 1 amide bonds. The molecule has 0 fully saturated rings. The molecule has 1 rings (SSSR count). The third kappa shape index (κ3) is 3.23. The van der Waals surface area contributed by atoms with Gasteiger partial charge in [0.1, 0.15) is 16.5 Å². The summed E-state index contributed by atoms with van der Waals surface area (Å²) >= 11 is 0. The number of hydrogen-bond donors (Lipinski definition) is 2. The van der Waals surface area contributed by atoms with Crippen LogP contribution >= 0.6 is 0 Å². The van der Waals surface area contributed by atoms with E-state index in [1.165, 1.54) is 0 Å². The number of benzene rings is 1. The third-order valence-electron chi connectivity index (χ3n) is 1.99. The molecule has 0 spiro atoms. The summed E-state index contributed by atoms with van der Waals surface area (Å²) in [5.74, 6) is -3.33. The number of nitrogens with one attached hydrogen (secondary N) is 1. The molecule has 0 saturated heterocycles. The molecule has 3 N–H and O–H groups in total. The minimum Gasteiger partial charge on any atom is -0.350 e. The Bertz CT molecular complexity index is 585. The molecule has 1 aromatic carbocycles. The quantitative estimate of drug-likeness (QED) is 0.855. The van der Waals surface area contributed by atoms with Gasteiger partial charge in [-0.1, -0.05) is 0 Å². The van der Waals surface area contributed by atoms with Crippen molar-refractivity contribution in [1.29, 1.82) is 0 Å². The maximum atomic E-state index is 13.4. The van der Waals surface area contributed by atoms with Crippen LogP contribution in [0.2, 0.25) is 0 Å². The molecule has 0 aliphatic rings. The smallest absolute Gasteiger partial charge is 0.254 e. The maximum absolute atomic E-state index is 13.4. The summed E-state index contributed by atoms with van der Waals surface area (Å²) in [6.07, 6.45) is 0. The van der Waals surface area contributed by atoms with Gasteiger partial charge in [-0.2, -0.15) is 0 Å². The Kier molecular flexibility index (Phi) is 4.02. The van der Waals surface area contributed by atoms with Crippen LogP contribution in [0.1, 0.15) is 24.2 Å². The number of halogens is 2. The fourth-order valence-electron chi connectivity index (χ4n) is 1.26. The van der Waals surface area contributed by atoms with Crippen molar-refractivity contribution >= 4 is 15.9 Å². The Morgan fingerprint density at radius 2 is 1.83 bits per heavy atom. The van der Waals surface area contributed by atoms with Crippen molar-refractivity contribution in [2.45, 2.75) is 24.8 Å². The molecule has 0 atom stereocenters. The molecule has 18 heavy (non-hydrogen) atoms. The summed E-state index contributed by atoms with van der Waals surface area (Å²) in [6.45, 7) is 3.28. The lowest BCUT2D eigenvalue weighted by molar-refractivity contribution is 0.0938. The average Bonchev–Trinajstić information content (AvgIpc) is 2.13. The molecule has 5 nitrogen and oxygen atoms in total. The van der Waals surface area contributed by atoms with Crippen LogP contribution in [0.3, 0.4) is 0 Å². The first kappa shape index (κ1) is 14.5. The fraction of sp³-hybridized carbons (Fsp3) is 0.300. The van der Waals surface area contributed by atoms with Gasteiger partial charge in [-0.3, -0.25) is 4.79 Å². The Hall–Kier alpha value is -1.54. The van der Waals surface area contributed by atoms with E-state index in [4.69, 9.17) is 5.14 Å². The molecule has 1 aromatic rings. The Morgan fingerprint density at radius 3 is 2.28 bits per heavy atom. The predicted molar refractivity (Wildman–Crippen MR) is 60.3 cm³/mol. The molecular weight excluding hydrogens is 266 g/mol. The van der Waals surface area contributed by atoms with Gasteiger partial charge in [0.05, 0.1) is 5.56 Å². The van der Waals surface area contributed by atoms with Gasteiger partial charge in [0.15, 0.2) is 0 Å². The van der Waals surface area contributed by atoms with Crippen molar-refractivity contribution in [2.75, 3.05) is 0 Å². The van der Waals surface area contributed by atoms with E-state index in [-0.39, 0.29) is 6.04 Å². The van der Waals surface area contributed by atoms with Gasteiger partial charge in [0, 0.05) is 12.1 Å². The summed E-state index contributed by atoms with van der Waals surface area (Å²) in [4.78, 5) is 10.6. The van der Waals surface area contributed by atoms with Crippen LogP contribution in [0.25, 0.3) is 0 Å². The number of rotatable bonds is 3. The van der Waals surface area contributed by atoms with E-state index in [1.54, 1.807) is 13.8 Å². The van der Waals surface area contributed by atoms with Crippen molar-refractivity contribution in [2.24, 2.45) is 5.14 Å². The largest absolute Gasteiger partial charge is 0.350 e. The zero-order valence-corrected chi connectivity index (χ0v) is 10.5. The number of carbonyl (C=O) groups excluding carboxylic acids is 1. The number of amides is 1. The zero-order chi connectivity index (χ0) is 14.1. The number of nitrogens with two attached hydrogens (primary N) is 1. The van der Waals surface area contributed by atoms with Gasteiger partial charge < -0.3 is 5.32 Å². The second-order valence-electron chi connectivity index (χ2n) is 3.94. The number of hydrogen-bond acceptors (Lipinski definition) is 3. The van der Waals surface area contributed by atoms with E-state index in [1.807, 2.05) is 0 Å². The topological polar surface area (TPSA) is 89.3 Å². The zero-order valence-electron chi connectivity index (χ0n) is 9.70. The lowest BCUT2D eigenvalue weighted by Crippen LogP contribution is -2.31. The summed E-state index contributed by atoms with van der Waals surface area (Å²) in [5, 5.41) is 7.12. The molecule has 8 heteroatoms. The summed E-state index contributed by atoms with van der Waals surface area (Å²) in [5.41, 5.74) is -0.575. The predicted octanol–water partition coefficient (Wildman–Crippen LogP) is 0.750. The second-order valence-corrected chi connectivity index (χ2v) is 5.47. The van der Waals surface area contributed by atoms with Crippen molar-refractivity contribution in [3.8, 4) is 0 Å². The standard InChI is InChI=1S/C10H12F2N2O3S/c1-5(2)14-10(15)6-3-9(18(13,16)17)8(12)4-7(6)11/h3-5H,1-2H3,(H,14,15)(H2,13,16,17). The normalized spacial score (nSPS) is 11.7. The molecule has 0 radical (unpaired) electrons. The van der Waals surface area contributed by atoms with E-state index in [0.717, 1.165) is 0 Å². The molecule has 100 valence electrons. The van der Waals surface area contributed by atoms with Crippen LogP contribution in [-0.4, -0.2) is 20.4 Å². The Morgan fingerprint density at radius 1 is 1.28 bits per heavy atom. The van der Waals surface area contributed by atoms with Gasteiger partial charge in [-0.15, -0.1) is 0 Å². The summed E-state index contributed by atoms with van der Waals surface area (Å²) < 4.78 is 48.7. The highest BCUT2D eigenvalue weighted by Crippen LogP contribution is 2.18. The van der Waals surface area contributed by atoms with Gasteiger partial charge >= 0.3 is 0 Å². The van der Waals surface area contributed by atoms with Crippen LogP contribution in [0.5, 0.6) is 0 Å². The highest BCUT2D eigenvalue weighted by molar-refractivity contribution is 7.89. The van der Waals surface area contributed by atoms with Crippen LogP contribution in [0, 0.1) is 11.6 Å². The second kappa shape index (κ2) is 4.99. The van der Waals surface area contributed by atoms with Crippen LogP contribution in [0.15, 0.2) is 17.0 Å². The van der Waals surface area contributed by atoms with Crippen molar-refractivity contribution in [1.82, 2.24) is 5.32 Å². The van der Waals surface area contributed by atoms with E-state index >= 15 is 0 Å². The maximum Gasteiger partial charge on any atom is 0.254 e. The summed E-state index contributed by atoms with van der Waals surface area (Å²) in [7, 11) is -4.36. The monoisotopic (exact) mass is 278 g/mol. The molecule has 0 aliphatic heterocycles. The van der Waals surface area contributed by atoms with Gasteiger partial charge in [-0.05, 0) is 19.9 Å². The molecular formula is C10H12F2N2O3S. The Balaban J connectivity index is 3.34. The first-order valence-electron chi connectivity index (χ1n) is 4.95. The van der Waals surface area contributed by atoms with Crippen molar-refractivity contribution < 1.29 is 22.0 Å². The number of sulfonamides is 1. The van der Waals surface area contributed by atoms with Gasteiger partial charge in [0.25, 0.3) is 5.91 Å². The van der Waals surface area contributed by atoms with Crippen LogP contribution < -0.4 is 10.5 Å². The fourth-order valence-corrected chi connectivity index (χ4v) is 1.87. The van der Waals surface area contributed by atoms with E-state index in [2.05, 4.69) is 5.32 Å². The van der Waals surface area contributed by atoms with Crippen LogP contribution in [0.4, 0.5) is 8.78 Å². The minimum absolute atomic E-state index is 0.278. The van der Waals surface area contributed by atoms with E-state index in [9.17, 15) is 22.0 Å². The average molecular weight is 278 g/mol. The van der Waals surface area contributed by atoms with Gasteiger partial charge in [0.2, 0.25) is 10.0 Å². The van der Waals surface area contributed by atoms with Crippen molar-refractivity contribution in [3.05, 3.63) is 29.3 Å². The molecule has 0 heterocycles. The first-order valence-corrected chi connectivity index (χ1v) is 6.50. The van der Waals surface area contributed by atoms with E-state index in [0.29, 0.717) is 12.1 Å². The highest BCUT2D eigenvalue weighted by atomic mass is 32.2. The third-order valence-corrected chi connectivity index (χ3v) is 2.92. The first-order chi connectivity index (χ1) is 8.12.